The van der Waals surface area contributed by atoms with Crippen LogP contribution in [0.3, 0.4) is 0 Å². The summed E-state index contributed by atoms with van der Waals surface area (Å²) in [6.45, 7) is 16.7. The first kappa shape index (κ1) is 41.9. The molecule has 11 nitrogen and oxygen atoms in total. The third kappa shape index (κ3) is 17.1. The van der Waals surface area contributed by atoms with Gasteiger partial charge in [0.2, 0.25) is 0 Å². The minimum absolute atomic E-state index is 0.242. The van der Waals surface area contributed by atoms with Crippen LogP contribution in [0, 0.1) is 17.8 Å². The highest BCUT2D eigenvalue weighted by molar-refractivity contribution is 6.96. The summed E-state index contributed by atoms with van der Waals surface area (Å²) in [7, 11) is -11.5. The highest BCUT2D eigenvalue weighted by Gasteiger charge is 2.54. The predicted octanol–water partition coefficient (Wildman–Crippen LogP) is 6.46. The summed E-state index contributed by atoms with van der Waals surface area (Å²) in [5, 5.41) is 38.4. The number of benzene rings is 1. The van der Waals surface area contributed by atoms with Gasteiger partial charge in [0.25, 0.3) is 0 Å². The molecule has 46 heavy (non-hydrogen) atoms. The molecular formula is C31H56O11Si4. The molecule has 0 amide bonds. The predicted molar refractivity (Wildman–Crippen MR) is 187 cm³/mol. The van der Waals surface area contributed by atoms with E-state index in [2.05, 4.69) is 26.9 Å². The Kier molecular flexibility index (Phi) is 16.8. The average Bonchev–Trinajstić information content (AvgIpc) is 2.88. The lowest BCUT2D eigenvalue weighted by Crippen LogP contribution is -2.68. The van der Waals surface area contributed by atoms with E-state index in [9.17, 15) is 39.6 Å². The van der Waals surface area contributed by atoms with Gasteiger partial charge in [0.15, 0.2) is 25.0 Å². The molecule has 0 aliphatic carbocycles. The molecule has 1 rings (SSSR count). The fourth-order valence-corrected chi connectivity index (χ4v) is 22.5. The molecule has 1 aromatic rings. The van der Waals surface area contributed by atoms with Gasteiger partial charge in [0, 0.05) is 30.9 Å². The molecule has 0 aromatic heterocycles. The van der Waals surface area contributed by atoms with E-state index in [0.29, 0.717) is 30.8 Å². The number of carboxylic acids is 4. The van der Waals surface area contributed by atoms with Crippen LogP contribution in [0.15, 0.2) is 30.3 Å². The molecule has 0 fully saturated rings. The van der Waals surface area contributed by atoms with Crippen LogP contribution in [0.1, 0.15) is 58.8 Å². The first-order valence-electron chi connectivity index (χ1n) is 16.1. The van der Waals surface area contributed by atoms with Crippen molar-refractivity contribution in [3.63, 3.8) is 0 Å². The Morgan fingerprint density at radius 2 is 0.870 bits per heavy atom. The molecular weight excluding hydrogens is 661 g/mol. The van der Waals surface area contributed by atoms with Crippen molar-refractivity contribution in [3.8, 4) is 0 Å². The van der Waals surface area contributed by atoms with Crippen molar-refractivity contribution in [3.05, 3.63) is 30.3 Å². The summed E-state index contributed by atoms with van der Waals surface area (Å²) in [6, 6.07) is 11.5. The average molecular weight is 717 g/mol. The third-order valence-electron chi connectivity index (χ3n) is 7.85. The fraction of sp³-hybridized carbons (Fsp3) is 0.677. The second-order valence-corrected chi connectivity index (χ2v) is 30.8. The lowest BCUT2D eigenvalue weighted by Gasteiger charge is -2.45. The summed E-state index contributed by atoms with van der Waals surface area (Å²) in [6.07, 6.45) is 0.748. The topological polar surface area (TPSA) is 177 Å². The molecule has 0 unspecified atom stereocenters. The molecule has 4 N–H and O–H groups in total. The van der Waals surface area contributed by atoms with E-state index >= 15 is 0 Å². The van der Waals surface area contributed by atoms with Gasteiger partial charge in [-0.1, -0.05) is 50.6 Å². The quantitative estimate of drug-likeness (QED) is 0.0864. The van der Waals surface area contributed by atoms with E-state index in [0.717, 1.165) is 17.7 Å². The largest absolute Gasteiger partial charge is 0.505 e. The molecule has 0 radical (unpaired) electrons. The zero-order valence-corrected chi connectivity index (χ0v) is 32.8. The molecule has 262 valence electrons. The van der Waals surface area contributed by atoms with Crippen LogP contribution in [0.4, 0.5) is 0 Å². The fourth-order valence-electron chi connectivity index (χ4n) is 5.41. The van der Waals surface area contributed by atoms with Crippen molar-refractivity contribution in [1.29, 1.82) is 0 Å². The summed E-state index contributed by atoms with van der Waals surface area (Å²) < 4.78 is 21.6. The number of carboxylic acid groups (broad SMARTS) is 4. The minimum Gasteiger partial charge on any atom is -0.481 e. The Morgan fingerprint density at radius 3 is 1.15 bits per heavy atom. The summed E-state index contributed by atoms with van der Waals surface area (Å²) in [4.78, 5) is 45.9. The number of carbonyl (C=O) groups is 4. The van der Waals surface area contributed by atoms with Crippen LogP contribution in [0.2, 0.25) is 57.4 Å². The summed E-state index contributed by atoms with van der Waals surface area (Å²) in [5.74, 6) is -4.77. The molecule has 1 aromatic carbocycles. The first-order valence-corrected chi connectivity index (χ1v) is 27.2. The van der Waals surface area contributed by atoms with Crippen LogP contribution in [0.25, 0.3) is 0 Å². The van der Waals surface area contributed by atoms with Crippen LogP contribution >= 0.6 is 0 Å². The van der Waals surface area contributed by atoms with Crippen molar-refractivity contribution in [1.82, 2.24) is 0 Å². The molecule has 0 saturated heterocycles. The van der Waals surface area contributed by atoms with Crippen molar-refractivity contribution in [2.75, 3.05) is 0 Å². The molecule has 0 spiro atoms. The van der Waals surface area contributed by atoms with Gasteiger partial charge in [-0.3, -0.25) is 19.2 Å². The SMILES string of the molecule is CC(C)CC[Si](C)(C)O[Si](O[Si](C)(C)CCC(CC(=O)O)CC(=O)O)(O[Si](C)(C)CCC(CC(=O)O)CC(=O)O)c1ccccc1. The van der Waals surface area contributed by atoms with Crippen molar-refractivity contribution in [2.45, 2.75) is 116 Å². The van der Waals surface area contributed by atoms with Gasteiger partial charge < -0.3 is 32.8 Å². The summed E-state index contributed by atoms with van der Waals surface area (Å²) in [5.41, 5.74) is 0. The number of rotatable bonds is 24. The Balaban J connectivity index is 3.59. The lowest BCUT2D eigenvalue weighted by atomic mass is 9.99. The molecule has 15 heteroatoms. The molecule has 0 atom stereocenters. The van der Waals surface area contributed by atoms with Gasteiger partial charge >= 0.3 is 32.7 Å². The smallest absolute Gasteiger partial charge is 0.481 e. The lowest BCUT2D eigenvalue weighted by molar-refractivity contribution is -0.142. The Hall–Kier alpha value is -2.15. The van der Waals surface area contributed by atoms with E-state index in [1.165, 1.54) is 0 Å². The van der Waals surface area contributed by atoms with Gasteiger partial charge in [-0.25, -0.2) is 0 Å². The maximum atomic E-state index is 11.5. The van der Waals surface area contributed by atoms with Crippen molar-refractivity contribution in [2.24, 2.45) is 17.8 Å². The highest BCUT2D eigenvalue weighted by Crippen LogP contribution is 2.34. The van der Waals surface area contributed by atoms with Crippen LogP contribution in [-0.4, -0.2) is 78.1 Å². The van der Waals surface area contributed by atoms with Gasteiger partial charge in [0.05, 0.1) is 0 Å². The zero-order chi connectivity index (χ0) is 35.3. The van der Waals surface area contributed by atoms with Crippen molar-refractivity contribution < 1.29 is 51.9 Å². The molecule has 0 heterocycles. The summed E-state index contributed by atoms with van der Waals surface area (Å²) >= 11 is 0. The molecule has 0 saturated carbocycles. The Morgan fingerprint density at radius 1 is 0.565 bits per heavy atom. The van der Waals surface area contributed by atoms with Crippen LogP contribution in [-0.2, 0) is 31.5 Å². The van der Waals surface area contributed by atoms with E-state index in [1.807, 2.05) is 56.5 Å². The van der Waals surface area contributed by atoms with Crippen LogP contribution in [0.5, 0.6) is 0 Å². The van der Waals surface area contributed by atoms with Crippen molar-refractivity contribution >= 4 is 62.8 Å². The number of hydrogen-bond donors (Lipinski definition) is 4. The van der Waals surface area contributed by atoms with E-state index < -0.39 is 69.5 Å². The van der Waals surface area contributed by atoms with E-state index in [4.69, 9.17) is 12.3 Å². The molecule has 0 aliphatic rings. The number of hydrogen-bond acceptors (Lipinski definition) is 7. The normalized spacial score (nSPS) is 13.0. The second-order valence-electron chi connectivity index (χ2n) is 14.6. The van der Waals surface area contributed by atoms with Gasteiger partial charge in [-0.15, -0.1) is 0 Å². The maximum Gasteiger partial charge on any atom is 0.505 e. The molecule has 0 aliphatic heterocycles. The first-order chi connectivity index (χ1) is 21.1. The minimum atomic E-state index is -3.70. The van der Waals surface area contributed by atoms with Crippen LogP contribution < -0.4 is 5.19 Å². The Labute approximate surface area is 278 Å². The van der Waals surface area contributed by atoms with Gasteiger partial charge in [-0.05, 0) is 88.0 Å². The van der Waals surface area contributed by atoms with Gasteiger partial charge in [-0.2, -0.15) is 0 Å². The monoisotopic (exact) mass is 716 g/mol. The third-order valence-corrected chi connectivity index (χ3v) is 23.2. The standard InChI is InChI=1S/C31H56O11Si4/c1-24(2)14-17-43(3,4)40-46(27-12-10-9-11-13-27,41-44(5,6)18-15-25(20-28(32)33)21-29(34)35)42-45(7,8)19-16-26(22-30(36)37)23-31(38)39/h9-13,24-26H,14-23H2,1-8H3,(H,32,33)(H,34,35)(H,36,37)(H,38,39). The maximum absolute atomic E-state index is 11.5. The Bertz CT molecular complexity index is 1060. The highest BCUT2D eigenvalue weighted by atomic mass is 28.5. The van der Waals surface area contributed by atoms with Gasteiger partial charge in [0.1, 0.15) is 0 Å². The zero-order valence-electron chi connectivity index (χ0n) is 28.8. The van der Waals surface area contributed by atoms with E-state index in [1.54, 1.807) is 0 Å². The second kappa shape index (κ2) is 18.4. The van der Waals surface area contributed by atoms with E-state index in [-0.39, 0.29) is 25.7 Å². The molecule has 0 bridgehead atoms. The number of aliphatic carboxylic acids is 4.